The van der Waals surface area contributed by atoms with Gasteiger partial charge < -0.3 is 10.6 Å². The van der Waals surface area contributed by atoms with Crippen molar-refractivity contribution in [2.24, 2.45) is 0 Å². The molecule has 8 nitrogen and oxygen atoms in total. The molecule has 2 saturated heterocycles. The standard InChI is InChI=1S/C14H14N4O4/c1-13(9(19)15-11(21)17-13)7-14(8-5-3-2-4-6-8)10(20)16-12(22)18-14/h2-6H,7H2,1H3,(H2,15,17,19,21)(H2,16,18,20,22)/t13-,14-/m0/s1. The van der Waals surface area contributed by atoms with E-state index < -0.39 is 35.0 Å². The van der Waals surface area contributed by atoms with E-state index >= 15 is 0 Å². The van der Waals surface area contributed by atoms with Crippen LogP contribution in [-0.4, -0.2) is 29.4 Å². The molecule has 2 atom stereocenters. The molecule has 8 heteroatoms. The van der Waals surface area contributed by atoms with Gasteiger partial charge in [-0.25, -0.2) is 9.59 Å². The Morgan fingerprint density at radius 1 is 0.864 bits per heavy atom. The van der Waals surface area contributed by atoms with E-state index in [0.717, 1.165) is 0 Å². The molecule has 6 amide bonds. The van der Waals surface area contributed by atoms with Gasteiger partial charge in [0.15, 0.2) is 0 Å². The van der Waals surface area contributed by atoms with Crippen molar-refractivity contribution in [2.45, 2.75) is 24.4 Å². The van der Waals surface area contributed by atoms with Gasteiger partial charge >= 0.3 is 12.1 Å². The molecule has 0 spiro atoms. The zero-order chi connectivity index (χ0) is 16.0. The Morgan fingerprint density at radius 2 is 1.45 bits per heavy atom. The van der Waals surface area contributed by atoms with E-state index in [-0.39, 0.29) is 6.42 Å². The third kappa shape index (κ3) is 2.00. The van der Waals surface area contributed by atoms with E-state index in [2.05, 4.69) is 21.3 Å². The Morgan fingerprint density at radius 3 is 1.95 bits per heavy atom. The molecule has 1 aromatic carbocycles. The molecule has 0 aromatic heterocycles. The molecule has 2 aliphatic rings. The van der Waals surface area contributed by atoms with E-state index in [1.165, 1.54) is 6.92 Å². The van der Waals surface area contributed by atoms with Crippen LogP contribution in [0.25, 0.3) is 0 Å². The predicted octanol–water partition coefficient (Wildman–Crippen LogP) is -0.290. The van der Waals surface area contributed by atoms with Crippen molar-refractivity contribution in [3.8, 4) is 0 Å². The molecule has 2 heterocycles. The first-order valence-electron chi connectivity index (χ1n) is 6.68. The highest BCUT2D eigenvalue weighted by molar-refractivity contribution is 6.10. The maximum absolute atomic E-state index is 12.4. The van der Waals surface area contributed by atoms with Gasteiger partial charge in [-0.05, 0) is 12.5 Å². The molecule has 0 aliphatic carbocycles. The van der Waals surface area contributed by atoms with Crippen LogP contribution in [0.15, 0.2) is 30.3 Å². The van der Waals surface area contributed by atoms with Gasteiger partial charge in [-0.15, -0.1) is 0 Å². The van der Waals surface area contributed by atoms with E-state index in [1.54, 1.807) is 30.3 Å². The minimum absolute atomic E-state index is 0.0981. The Bertz CT molecular complexity index is 689. The lowest BCUT2D eigenvalue weighted by Gasteiger charge is -2.33. The second-order valence-electron chi connectivity index (χ2n) is 5.60. The van der Waals surface area contributed by atoms with Crippen LogP contribution in [0.1, 0.15) is 18.9 Å². The number of amides is 6. The number of imide groups is 2. The molecule has 114 valence electrons. The van der Waals surface area contributed by atoms with Crippen LogP contribution in [0, 0.1) is 0 Å². The third-order valence-electron chi connectivity index (χ3n) is 3.94. The third-order valence-corrected chi connectivity index (χ3v) is 3.94. The first-order chi connectivity index (χ1) is 10.4. The Hall–Kier alpha value is -2.90. The maximum Gasteiger partial charge on any atom is 0.322 e. The highest BCUT2D eigenvalue weighted by atomic mass is 16.2. The second kappa shape index (κ2) is 4.55. The SMILES string of the molecule is C[C@@]1(C[C@@]2(c3ccccc3)NC(=O)NC2=O)NC(=O)NC1=O. The molecule has 0 bridgehead atoms. The number of rotatable bonds is 3. The van der Waals surface area contributed by atoms with Gasteiger partial charge in [0.05, 0.1) is 0 Å². The molecular formula is C14H14N4O4. The summed E-state index contributed by atoms with van der Waals surface area (Å²) >= 11 is 0. The first kappa shape index (κ1) is 14.1. The van der Waals surface area contributed by atoms with Crippen LogP contribution in [0.5, 0.6) is 0 Å². The van der Waals surface area contributed by atoms with E-state index in [4.69, 9.17) is 0 Å². The van der Waals surface area contributed by atoms with Crippen LogP contribution in [0.2, 0.25) is 0 Å². The Balaban J connectivity index is 2.05. The van der Waals surface area contributed by atoms with Crippen LogP contribution >= 0.6 is 0 Å². The number of urea groups is 2. The molecule has 0 unspecified atom stereocenters. The number of hydrogen-bond donors (Lipinski definition) is 4. The lowest BCUT2D eigenvalue weighted by atomic mass is 9.78. The number of nitrogens with one attached hydrogen (secondary N) is 4. The van der Waals surface area contributed by atoms with E-state index in [9.17, 15) is 19.2 Å². The largest absolute Gasteiger partial charge is 0.323 e. The van der Waals surface area contributed by atoms with Crippen molar-refractivity contribution < 1.29 is 19.2 Å². The van der Waals surface area contributed by atoms with Crippen molar-refractivity contribution in [3.63, 3.8) is 0 Å². The van der Waals surface area contributed by atoms with Gasteiger partial charge in [0.2, 0.25) is 0 Å². The summed E-state index contributed by atoms with van der Waals surface area (Å²) in [6, 6.07) is 7.33. The fourth-order valence-electron chi connectivity index (χ4n) is 2.88. The molecule has 3 rings (SSSR count). The van der Waals surface area contributed by atoms with Crippen LogP contribution in [0.3, 0.4) is 0 Å². The number of benzene rings is 1. The summed E-state index contributed by atoms with van der Waals surface area (Å²) in [5.41, 5.74) is -2.18. The van der Waals surface area contributed by atoms with Gasteiger partial charge in [-0.2, -0.15) is 0 Å². The lowest BCUT2D eigenvalue weighted by Crippen LogP contribution is -2.55. The van der Waals surface area contributed by atoms with Crippen LogP contribution < -0.4 is 21.3 Å². The minimum Gasteiger partial charge on any atom is -0.323 e. The Labute approximate surface area is 125 Å². The summed E-state index contributed by atoms with van der Waals surface area (Å²) < 4.78 is 0. The number of hydrogen-bond acceptors (Lipinski definition) is 4. The van der Waals surface area contributed by atoms with Gasteiger partial charge in [0, 0.05) is 6.42 Å². The quantitative estimate of drug-likeness (QED) is 0.574. The summed E-state index contributed by atoms with van der Waals surface area (Å²) in [6.45, 7) is 1.51. The van der Waals surface area contributed by atoms with E-state index in [0.29, 0.717) is 5.56 Å². The fraction of sp³-hybridized carbons (Fsp3) is 0.286. The van der Waals surface area contributed by atoms with Gasteiger partial charge in [0.1, 0.15) is 11.1 Å². The predicted molar refractivity (Wildman–Crippen MR) is 74.5 cm³/mol. The highest BCUT2D eigenvalue weighted by Gasteiger charge is 2.55. The summed E-state index contributed by atoms with van der Waals surface area (Å²) in [5.74, 6) is -1.10. The number of carbonyl (C=O) groups excluding carboxylic acids is 4. The average Bonchev–Trinajstić information content (AvgIpc) is 2.87. The first-order valence-corrected chi connectivity index (χ1v) is 6.68. The van der Waals surface area contributed by atoms with Crippen molar-refractivity contribution in [1.29, 1.82) is 0 Å². The topological polar surface area (TPSA) is 116 Å². The zero-order valence-electron chi connectivity index (χ0n) is 11.7. The molecule has 4 N–H and O–H groups in total. The molecule has 1 aromatic rings. The van der Waals surface area contributed by atoms with Crippen molar-refractivity contribution >= 4 is 23.9 Å². The molecule has 0 radical (unpaired) electrons. The van der Waals surface area contributed by atoms with Crippen molar-refractivity contribution in [2.75, 3.05) is 0 Å². The highest BCUT2D eigenvalue weighted by Crippen LogP contribution is 2.34. The van der Waals surface area contributed by atoms with Gasteiger partial charge in [0.25, 0.3) is 11.8 Å². The average molecular weight is 302 g/mol. The summed E-state index contributed by atoms with van der Waals surface area (Å²) in [7, 11) is 0. The molecular weight excluding hydrogens is 288 g/mol. The normalized spacial score (nSPS) is 30.6. The lowest BCUT2D eigenvalue weighted by molar-refractivity contribution is -0.128. The smallest absolute Gasteiger partial charge is 0.322 e. The summed E-state index contributed by atoms with van der Waals surface area (Å²) in [6.07, 6.45) is -0.0981. The second-order valence-corrected chi connectivity index (χ2v) is 5.60. The molecule has 22 heavy (non-hydrogen) atoms. The fourth-order valence-corrected chi connectivity index (χ4v) is 2.88. The van der Waals surface area contributed by atoms with Gasteiger partial charge in [-0.1, -0.05) is 30.3 Å². The van der Waals surface area contributed by atoms with Crippen LogP contribution in [-0.2, 0) is 15.1 Å². The zero-order valence-corrected chi connectivity index (χ0v) is 11.7. The van der Waals surface area contributed by atoms with Crippen molar-refractivity contribution in [3.05, 3.63) is 35.9 Å². The summed E-state index contributed by atoms with van der Waals surface area (Å²) in [4.78, 5) is 47.4. The van der Waals surface area contributed by atoms with Crippen molar-refractivity contribution in [1.82, 2.24) is 21.3 Å². The minimum atomic E-state index is -1.41. The number of carbonyl (C=O) groups is 4. The molecule has 2 aliphatic heterocycles. The molecule has 0 saturated carbocycles. The molecule has 2 fully saturated rings. The maximum atomic E-state index is 12.4. The van der Waals surface area contributed by atoms with Gasteiger partial charge in [-0.3, -0.25) is 20.2 Å². The van der Waals surface area contributed by atoms with E-state index in [1.807, 2.05) is 0 Å². The monoisotopic (exact) mass is 302 g/mol. The Kier molecular flexibility index (Phi) is 2.91. The summed E-state index contributed by atoms with van der Waals surface area (Å²) in [5, 5.41) is 9.43. The van der Waals surface area contributed by atoms with Crippen LogP contribution in [0.4, 0.5) is 9.59 Å².